The van der Waals surface area contributed by atoms with Crippen molar-refractivity contribution in [2.24, 2.45) is 5.73 Å². The summed E-state index contributed by atoms with van der Waals surface area (Å²) in [6, 6.07) is 3.31. The van der Waals surface area contributed by atoms with Crippen molar-refractivity contribution in [2.45, 2.75) is 51.2 Å². The lowest BCUT2D eigenvalue weighted by molar-refractivity contribution is 0.518. The normalized spacial score (nSPS) is 26.0. The van der Waals surface area contributed by atoms with E-state index in [1.165, 1.54) is 23.3 Å². The summed E-state index contributed by atoms with van der Waals surface area (Å²) >= 11 is 1.86. The van der Waals surface area contributed by atoms with Crippen LogP contribution in [0.5, 0.6) is 0 Å². The van der Waals surface area contributed by atoms with Crippen molar-refractivity contribution >= 4 is 11.3 Å². The van der Waals surface area contributed by atoms with E-state index < -0.39 is 0 Å². The molecule has 1 saturated carbocycles. The van der Waals surface area contributed by atoms with E-state index in [-0.39, 0.29) is 0 Å². The van der Waals surface area contributed by atoms with Crippen LogP contribution < -0.4 is 11.1 Å². The lowest BCUT2D eigenvalue weighted by Gasteiger charge is -2.12. The van der Waals surface area contributed by atoms with Gasteiger partial charge in [0.15, 0.2) is 0 Å². The van der Waals surface area contributed by atoms with Crippen molar-refractivity contribution < 1.29 is 0 Å². The molecule has 0 radical (unpaired) electrons. The summed E-state index contributed by atoms with van der Waals surface area (Å²) in [7, 11) is 0. The van der Waals surface area contributed by atoms with Gasteiger partial charge in [-0.1, -0.05) is 6.92 Å². The SMILES string of the molecule is CCc1ccsc1CNC1CCC(N)C1. The smallest absolute Gasteiger partial charge is 0.0305 e. The van der Waals surface area contributed by atoms with E-state index in [4.69, 9.17) is 5.73 Å². The molecule has 15 heavy (non-hydrogen) atoms. The van der Waals surface area contributed by atoms with Crippen LogP contribution in [0.4, 0.5) is 0 Å². The third-order valence-corrected chi connectivity index (χ3v) is 4.21. The Kier molecular flexibility index (Phi) is 3.78. The van der Waals surface area contributed by atoms with E-state index in [9.17, 15) is 0 Å². The molecule has 1 aromatic rings. The highest BCUT2D eigenvalue weighted by molar-refractivity contribution is 7.10. The zero-order valence-corrected chi connectivity index (χ0v) is 10.1. The fraction of sp³-hybridized carbons (Fsp3) is 0.667. The largest absolute Gasteiger partial charge is 0.328 e. The van der Waals surface area contributed by atoms with Gasteiger partial charge in [-0.15, -0.1) is 11.3 Å². The molecule has 0 amide bonds. The van der Waals surface area contributed by atoms with E-state index in [2.05, 4.69) is 23.7 Å². The summed E-state index contributed by atoms with van der Waals surface area (Å²) < 4.78 is 0. The fourth-order valence-electron chi connectivity index (χ4n) is 2.28. The Morgan fingerprint density at radius 2 is 2.40 bits per heavy atom. The molecule has 2 unspecified atom stereocenters. The quantitative estimate of drug-likeness (QED) is 0.823. The number of thiophene rings is 1. The monoisotopic (exact) mass is 224 g/mol. The van der Waals surface area contributed by atoms with Crippen LogP contribution in [-0.2, 0) is 13.0 Å². The van der Waals surface area contributed by atoms with Crippen molar-refractivity contribution in [3.05, 3.63) is 21.9 Å². The third kappa shape index (κ3) is 2.80. The number of nitrogens with two attached hydrogens (primary N) is 1. The highest BCUT2D eigenvalue weighted by Gasteiger charge is 2.21. The summed E-state index contributed by atoms with van der Waals surface area (Å²) in [6.07, 6.45) is 4.72. The Balaban J connectivity index is 1.83. The first kappa shape index (κ1) is 11.1. The number of aryl methyl sites for hydroxylation is 1. The maximum atomic E-state index is 5.89. The summed E-state index contributed by atoms with van der Waals surface area (Å²) in [5, 5.41) is 5.81. The highest BCUT2D eigenvalue weighted by Crippen LogP contribution is 2.20. The molecule has 0 spiro atoms. The minimum Gasteiger partial charge on any atom is -0.328 e. The first-order valence-electron chi connectivity index (χ1n) is 5.83. The molecule has 84 valence electrons. The summed E-state index contributed by atoms with van der Waals surface area (Å²) in [6.45, 7) is 3.25. The molecule has 0 aliphatic heterocycles. The van der Waals surface area contributed by atoms with Crippen molar-refractivity contribution in [3.63, 3.8) is 0 Å². The molecule has 0 aromatic carbocycles. The molecular formula is C12H20N2S. The van der Waals surface area contributed by atoms with Crippen LogP contribution >= 0.6 is 11.3 Å². The van der Waals surface area contributed by atoms with Gasteiger partial charge in [-0.05, 0) is 42.7 Å². The van der Waals surface area contributed by atoms with Crippen LogP contribution in [0.15, 0.2) is 11.4 Å². The van der Waals surface area contributed by atoms with Crippen LogP contribution in [0, 0.1) is 0 Å². The predicted molar refractivity (Wildman–Crippen MR) is 66.2 cm³/mol. The molecule has 3 N–H and O–H groups in total. The highest BCUT2D eigenvalue weighted by atomic mass is 32.1. The van der Waals surface area contributed by atoms with E-state index >= 15 is 0 Å². The molecular weight excluding hydrogens is 204 g/mol. The van der Waals surface area contributed by atoms with Crippen LogP contribution in [-0.4, -0.2) is 12.1 Å². The Morgan fingerprint density at radius 1 is 1.53 bits per heavy atom. The van der Waals surface area contributed by atoms with Gasteiger partial charge in [0, 0.05) is 23.5 Å². The predicted octanol–water partition coefficient (Wildman–Crippen LogP) is 2.28. The topological polar surface area (TPSA) is 38.0 Å². The van der Waals surface area contributed by atoms with Crippen LogP contribution in [0.3, 0.4) is 0 Å². The summed E-state index contributed by atoms with van der Waals surface area (Å²) in [5.41, 5.74) is 7.39. The number of nitrogens with one attached hydrogen (secondary N) is 1. The molecule has 2 rings (SSSR count). The van der Waals surface area contributed by atoms with Gasteiger partial charge in [-0.25, -0.2) is 0 Å². The van der Waals surface area contributed by atoms with Crippen molar-refractivity contribution in [1.29, 1.82) is 0 Å². The lowest BCUT2D eigenvalue weighted by Crippen LogP contribution is -2.27. The average molecular weight is 224 g/mol. The Labute approximate surface area is 95.9 Å². The molecule has 2 atom stereocenters. The van der Waals surface area contributed by atoms with Gasteiger partial charge in [0.2, 0.25) is 0 Å². The minimum atomic E-state index is 0.427. The molecule has 1 aliphatic rings. The molecule has 0 saturated heterocycles. The first-order chi connectivity index (χ1) is 7.29. The average Bonchev–Trinajstić information content (AvgIpc) is 2.83. The van der Waals surface area contributed by atoms with Crippen LogP contribution in [0.1, 0.15) is 36.6 Å². The third-order valence-electron chi connectivity index (χ3n) is 3.24. The Bertz CT molecular complexity index is 308. The summed E-state index contributed by atoms with van der Waals surface area (Å²) in [4.78, 5) is 1.50. The van der Waals surface area contributed by atoms with E-state index in [0.29, 0.717) is 12.1 Å². The molecule has 1 aliphatic carbocycles. The number of hydrogen-bond donors (Lipinski definition) is 2. The lowest BCUT2D eigenvalue weighted by atomic mass is 10.2. The van der Waals surface area contributed by atoms with E-state index in [1.807, 2.05) is 11.3 Å². The first-order valence-corrected chi connectivity index (χ1v) is 6.71. The molecule has 1 heterocycles. The van der Waals surface area contributed by atoms with E-state index in [1.54, 1.807) is 0 Å². The number of hydrogen-bond acceptors (Lipinski definition) is 3. The van der Waals surface area contributed by atoms with Gasteiger partial charge in [0.25, 0.3) is 0 Å². The molecule has 3 heteroatoms. The minimum absolute atomic E-state index is 0.427. The summed E-state index contributed by atoms with van der Waals surface area (Å²) in [5.74, 6) is 0. The standard InChI is InChI=1S/C12H20N2S/c1-2-9-5-6-15-12(9)8-14-11-4-3-10(13)7-11/h5-6,10-11,14H,2-4,7-8,13H2,1H3. The van der Waals surface area contributed by atoms with Crippen molar-refractivity contribution in [1.82, 2.24) is 5.32 Å². The molecule has 2 nitrogen and oxygen atoms in total. The van der Waals surface area contributed by atoms with Gasteiger partial charge in [0.1, 0.15) is 0 Å². The maximum absolute atomic E-state index is 5.89. The van der Waals surface area contributed by atoms with Gasteiger partial charge in [-0.3, -0.25) is 0 Å². The van der Waals surface area contributed by atoms with Gasteiger partial charge < -0.3 is 11.1 Å². The van der Waals surface area contributed by atoms with Gasteiger partial charge in [-0.2, -0.15) is 0 Å². The van der Waals surface area contributed by atoms with Crippen molar-refractivity contribution in [2.75, 3.05) is 0 Å². The maximum Gasteiger partial charge on any atom is 0.0305 e. The Hall–Kier alpha value is -0.380. The fourth-order valence-corrected chi connectivity index (χ4v) is 3.20. The van der Waals surface area contributed by atoms with Gasteiger partial charge in [0.05, 0.1) is 0 Å². The molecule has 1 fully saturated rings. The molecule has 0 bridgehead atoms. The second-order valence-electron chi connectivity index (χ2n) is 4.37. The van der Waals surface area contributed by atoms with Crippen LogP contribution in [0.25, 0.3) is 0 Å². The zero-order chi connectivity index (χ0) is 10.7. The molecule has 1 aromatic heterocycles. The Morgan fingerprint density at radius 3 is 3.07 bits per heavy atom. The van der Waals surface area contributed by atoms with Gasteiger partial charge >= 0.3 is 0 Å². The van der Waals surface area contributed by atoms with E-state index in [0.717, 1.165) is 19.4 Å². The van der Waals surface area contributed by atoms with Crippen LogP contribution in [0.2, 0.25) is 0 Å². The second kappa shape index (κ2) is 5.10. The second-order valence-corrected chi connectivity index (χ2v) is 5.37. The number of rotatable bonds is 4. The zero-order valence-electron chi connectivity index (χ0n) is 9.33. The van der Waals surface area contributed by atoms with Crippen molar-refractivity contribution in [3.8, 4) is 0 Å².